The molecule has 0 spiro atoms. The third-order valence-corrected chi connectivity index (χ3v) is 18.7. The van der Waals surface area contributed by atoms with Crippen LogP contribution in [0.2, 0.25) is 0 Å². The summed E-state index contributed by atoms with van der Waals surface area (Å²) in [5.74, 6) is 0. The minimum absolute atomic E-state index is 1.22. The summed E-state index contributed by atoms with van der Waals surface area (Å²) in [6.45, 7) is 0. The topological polar surface area (TPSA) is 0 Å². The predicted octanol–water partition coefficient (Wildman–Crippen LogP) is 25.4. The highest BCUT2D eigenvalue weighted by molar-refractivity contribution is 6.27. The van der Waals surface area contributed by atoms with E-state index in [9.17, 15) is 0 Å². The van der Waals surface area contributed by atoms with Crippen LogP contribution in [0, 0.1) is 0 Å². The van der Waals surface area contributed by atoms with Gasteiger partial charge >= 0.3 is 0 Å². The fraction of sp³-hybridized carbons (Fsp3) is 0. The number of hydrogen-bond donors (Lipinski definition) is 0. The first-order valence-corrected chi connectivity index (χ1v) is 31.2. The summed E-state index contributed by atoms with van der Waals surface area (Å²) in [7, 11) is 0. The van der Waals surface area contributed by atoms with Gasteiger partial charge in [-0.3, -0.25) is 0 Å². The Labute approximate surface area is 523 Å². The lowest BCUT2D eigenvalue weighted by Crippen LogP contribution is -1.92. The minimum Gasteiger partial charge on any atom is -0.0622 e. The van der Waals surface area contributed by atoms with Gasteiger partial charge in [-0.1, -0.05) is 334 Å². The van der Waals surface area contributed by atoms with Crippen LogP contribution in [-0.4, -0.2) is 0 Å². The van der Waals surface area contributed by atoms with Crippen molar-refractivity contribution >= 4 is 97.0 Å². The van der Waals surface area contributed by atoms with Crippen LogP contribution in [-0.2, 0) is 0 Å². The summed E-state index contributed by atoms with van der Waals surface area (Å²) in [6.07, 6.45) is 0. The van der Waals surface area contributed by atoms with Gasteiger partial charge < -0.3 is 0 Å². The Kier molecular flexibility index (Phi) is 13.0. The molecule has 18 aromatic carbocycles. The van der Waals surface area contributed by atoms with E-state index in [1.54, 1.807) is 0 Å². The SMILES string of the molecule is c1ccc(-c2c3ccccc3c(-c3ccc(-c4ccc5c6ccccc6c6ccccc6c5c4)cc3)c3ccccc23)cc1.c1ccc(-c2ccc(-c3c4ccccc4c(-c4cccc(-c5ccc6ccccc6c5)c4)c4ccccc34)c3ccccc23)cc1. The van der Waals surface area contributed by atoms with Crippen LogP contribution in [0.4, 0.5) is 0 Å². The Bertz CT molecular complexity index is 5670. The zero-order valence-electron chi connectivity index (χ0n) is 49.5. The molecule has 0 aliphatic carbocycles. The third-order valence-electron chi connectivity index (χ3n) is 18.7. The molecule has 0 aliphatic heterocycles. The number of benzene rings is 18. The Morgan fingerprint density at radius 2 is 0.422 bits per heavy atom. The molecule has 0 aromatic heterocycles. The number of hydrogen-bond acceptors (Lipinski definition) is 0. The van der Waals surface area contributed by atoms with Gasteiger partial charge in [0.25, 0.3) is 0 Å². The summed E-state index contributed by atoms with van der Waals surface area (Å²) in [6, 6.07) is 129. The van der Waals surface area contributed by atoms with Crippen molar-refractivity contribution in [3.05, 3.63) is 352 Å². The molecule has 18 rings (SSSR count). The molecule has 0 saturated heterocycles. The first-order valence-electron chi connectivity index (χ1n) is 31.2. The highest BCUT2D eigenvalue weighted by atomic mass is 14.2. The van der Waals surface area contributed by atoms with Crippen LogP contribution in [0.3, 0.4) is 0 Å². The predicted molar refractivity (Wildman–Crippen MR) is 388 cm³/mol. The van der Waals surface area contributed by atoms with Crippen LogP contribution in [0.15, 0.2) is 352 Å². The van der Waals surface area contributed by atoms with Crippen LogP contribution in [0.1, 0.15) is 0 Å². The van der Waals surface area contributed by atoms with Crippen molar-refractivity contribution in [3.8, 4) is 77.9 Å². The largest absolute Gasteiger partial charge is 0.0622 e. The summed E-state index contributed by atoms with van der Waals surface area (Å²) in [5, 5.41) is 23.1. The summed E-state index contributed by atoms with van der Waals surface area (Å²) < 4.78 is 0. The monoisotopic (exact) mass is 1140 g/mol. The average molecular weight is 1140 g/mol. The Morgan fingerprint density at radius 3 is 0.956 bits per heavy atom. The molecule has 0 N–H and O–H groups in total. The summed E-state index contributed by atoms with van der Waals surface area (Å²) in [4.78, 5) is 0. The van der Waals surface area contributed by atoms with Crippen molar-refractivity contribution < 1.29 is 0 Å². The zero-order chi connectivity index (χ0) is 59.5. The van der Waals surface area contributed by atoms with E-state index in [0.717, 1.165) is 0 Å². The van der Waals surface area contributed by atoms with Gasteiger partial charge in [0.2, 0.25) is 0 Å². The normalized spacial score (nSPS) is 11.6. The molecule has 0 nitrogen and oxygen atoms in total. The van der Waals surface area contributed by atoms with Gasteiger partial charge in [-0.15, -0.1) is 0 Å². The van der Waals surface area contributed by atoms with Gasteiger partial charge in [0.05, 0.1) is 0 Å². The lowest BCUT2D eigenvalue weighted by Gasteiger charge is -2.20. The molecule has 0 fully saturated rings. The molecule has 0 amide bonds. The molecule has 0 radical (unpaired) electrons. The van der Waals surface area contributed by atoms with E-state index in [0.29, 0.717) is 0 Å². The fourth-order valence-electron chi connectivity index (χ4n) is 14.6. The molecule has 90 heavy (non-hydrogen) atoms. The van der Waals surface area contributed by atoms with Gasteiger partial charge in [0.1, 0.15) is 0 Å². The molecule has 0 bridgehead atoms. The molecule has 0 saturated carbocycles. The molecule has 0 heteroatoms. The van der Waals surface area contributed by atoms with Gasteiger partial charge in [-0.05, 0) is 193 Å². The van der Waals surface area contributed by atoms with Crippen molar-refractivity contribution in [2.24, 2.45) is 0 Å². The number of rotatable bonds is 7. The third kappa shape index (κ3) is 9.00. The van der Waals surface area contributed by atoms with E-state index in [1.807, 2.05) is 0 Å². The fourth-order valence-corrected chi connectivity index (χ4v) is 14.6. The Morgan fingerprint density at radius 1 is 0.111 bits per heavy atom. The highest BCUT2D eigenvalue weighted by Gasteiger charge is 2.21. The molecule has 18 aromatic rings. The van der Waals surface area contributed by atoms with Crippen molar-refractivity contribution in [2.75, 3.05) is 0 Å². The first-order chi connectivity index (χ1) is 44.7. The van der Waals surface area contributed by atoms with Crippen molar-refractivity contribution in [1.29, 1.82) is 0 Å². The Balaban J connectivity index is 0.000000139. The Hall–Kier alpha value is -11.7. The van der Waals surface area contributed by atoms with E-state index in [4.69, 9.17) is 0 Å². The second-order valence-electron chi connectivity index (χ2n) is 23.7. The standard InChI is InChI=1S/C46H30.C44H28/c1-2-14-32(15-3-1)37-27-28-44(39-20-7-6-19-38(37)39)46-42-23-10-8-21-40(42)45(41-22-9-11-24-43(41)46)36-18-12-17-34(30-36)35-26-25-31-13-4-5-16-33(31)29-35;1-2-12-30(13-3-1)43-38-18-8-10-20-40(38)44(41-21-11-9-19-39(41)43)31-24-22-29(23-25-31)32-26-27-37-35-16-5-4-14-33(35)34-15-6-7-17-36(34)42(37)28-32/h1-30H;1-28H. The average Bonchev–Trinajstić information content (AvgIpc) is 1.05. The lowest BCUT2D eigenvalue weighted by atomic mass is 9.83. The highest BCUT2D eigenvalue weighted by Crippen LogP contribution is 2.48. The van der Waals surface area contributed by atoms with Gasteiger partial charge in [-0.25, -0.2) is 0 Å². The molecular formula is C90H58. The molecule has 0 atom stereocenters. The molecular weight excluding hydrogens is 1080 g/mol. The van der Waals surface area contributed by atoms with E-state index in [2.05, 4.69) is 352 Å². The second kappa shape index (κ2) is 22.2. The van der Waals surface area contributed by atoms with Gasteiger partial charge in [0.15, 0.2) is 0 Å². The van der Waals surface area contributed by atoms with Crippen molar-refractivity contribution in [1.82, 2.24) is 0 Å². The van der Waals surface area contributed by atoms with Crippen LogP contribution in [0.5, 0.6) is 0 Å². The van der Waals surface area contributed by atoms with E-state index in [1.165, 1.54) is 175 Å². The second-order valence-corrected chi connectivity index (χ2v) is 23.7. The van der Waals surface area contributed by atoms with Crippen LogP contribution in [0.25, 0.3) is 175 Å². The molecule has 0 heterocycles. The number of fused-ring (bicyclic) bond motifs is 12. The van der Waals surface area contributed by atoms with Gasteiger partial charge in [-0.2, -0.15) is 0 Å². The van der Waals surface area contributed by atoms with Crippen molar-refractivity contribution in [2.45, 2.75) is 0 Å². The smallest absolute Gasteiger partial charge is 0.00201 e. The molecule has 0 unspecified atom stereocenters. The summed E-state index contributed by atoms with van der Waals surface area (Å²) >= 11 is 0. The van der Waals surface area contributed by atoms with Gasteiger partial charge in [0, 0.05) is 0 Å². The van der Waals surface area contributed by atoms with Crippen LogP contribution < -0.4 is 0 Å². The maximum absolute atomic E-state index is 2.37. The first kappa shape index (κ1) is 52.6. The quantitative estimate of drug-likeness (QED) is 0.110. The maximum atomic E-state index is 2.37. The maximum Gasteiger partial charge on any atom is -0.00201 e. The molecule has 0 aliphatic rings. The zero-order valence-corrected chi connectivity index (χ0v) is 49.5. The van der Waals surface area contributed by atoms with Crippen molar-refractivity contribution in [3.63, 3.8) is 0 Å². The van der Waals surface area contributed by atoms with E-state index in [-0.39, 0.29) is 0 Å². The minimum atomic E-state index is 1.22. The van der Waals surface area contributed by atoms with E-state index < -0.39 is 0 Å². The lowest BCUT2D eigenvalue weighted by molar-refractivity contribution is 1.62. The molecule has 418 valence electrons. The van der Waals surface area contributed by atoms with E-state index >= 15 is 0 Å². The van der Waals surface area contributed by atoms with Crippen LogP contribution >= 0.6 is 0 Å². The summed E-state index contributed by atoms with van der Waals surface area (Å²) in [5.41, 5.74) is 17.5.